The number of ketones is 1. The van der Waals surface area contributed by atoms with Crippen molar-refractivity contribution in [2.45, 2.75) is 6.42 Å². The van der Waals surface area contributed by atoms with Gasteiger partial charge in [-0.1, -0.05) is 48.6 Å². The van der Waals surface area contributed by atoms with E-state index in [4.69, 9.17) is 0 Å². The van der Waals surface area contributed by atoms with Gasteiger partial charge in [-0.05, 0) is 29.7 Å². The number of carbonyl (C=O) groups is 1. The van der Waals surface area contributed by atoms with Crippen LogP contribution in [0, 0.1) is 0 Å². The zero-order valence-electron chi connectivity index (χ0n) is 8.39. The van der Waals surface area contributed by atoms with Crippen LogP contribution in [0.4, 0.5) is 0 Å². The molecule has 0 heterocycles. The molecule has 0 aromatic rings. The lowest BCUT2D eigenvalue weighted by Crippen LogP contribution is -1.95. The van der Waals surface area contributed by atoms with Crippen LogP contribution >= 0.6 is 0 Å². The second kappa shape index (κ2) is 4.56. The van der Waals surface area contributed by atoms with Gasteiger partial charge in [0.05, 0.1) is 0 Å². The minimum atomic E-state index is 0.0474. The van der Waals surface area contributed by atoms with Crippen molar-refractivity contribution in [2.24, 2.45) is 0 Å². The number of allylic oxidation sites excluding steroid dienone is 12. The molecule has 0 unspecified atom stereocenters. The molecule has 1 nitrogen and oxygen atoms in total. The highest BCUT2D eigenvalue weighted by atomic mass is 16.1. The molecule has 0 saturated carbocycles. The van der Waals surface area contributed by atoms with Gasteiger partial charge in [0, 0.05) is 0 Å². The quantitative estimate of drug-likeness (QED) is 0.582. The Morgan fingerprint density at radius 3 is 2.60 bits per heavy atom. The van der Waals surface area contributed by atoms with Gasteiger partial charge in [-0.25, -0.2) is 0 Å². The summed E-state index contributed by atoms with van der Waals surface area (Å²) >= 11 is 0. The van der Waals surface area contributed by atoms with Crippen molar-refractivity contribution in [3.8, 4) is 0 Å². The summed E-state index contributed by atoms with van der Waals surface area (Å²) in [5.74, 6) is 0.0474. The highest BCUT2D eigenvalue weighted by molar-refractivity contribution is 6.00. The number of hydrogen-bond acceptors (Lipinski definition) is 1. The molecule has 0 fully saturated rings. The molecule has 2 aliphatic rings. The minimum Gasteiger partial charge on any atom is -0.290 e. The third kappa shape index (κ3) is 2.53. The van der Waals surface area contributed by atoms with Crippen molar-refractivity contribution >= 4 is 5.78 Å². The molecule has 0 amide bonds. The SMILES string of the molecule is O=C1\C=C/C=C\C=C/C2=CC=CC/C2=C/1. The van der Waals surface area contributed by atoms with E-state index in [-0.39, 0.29) is 5.78 Å². The lowest BCUT2D eigenvalue weighted by atomic mass is 9.96. The van der Waals surface area contributed by atoms with Gasteiger partial charge in [0.1, 0.15) is 0 Å². The molecular formula is C14H12O. The molecule has 0 saturated heterocycles. The normalized spacial score (nSPS) is 29.5. The summed E-state index contributed by atoms with van der Waals surface area (Å²) in [6, 6.07) is 0. The average molecular weight is 196 g/mol. The molecule has 0 aliphatic heterocycles. The Morgan fingerprint density at radius 1 is 0.933 bits per heavy atom. The van der Waals surface area contributed by atoms with E-state index in [0.29, 0.717) is 0 Å². The van der Waals surface area contributed by atoms with E-state index in [2.05, 4.69) is 6.08 Å². The Labute approximate surface area is 89.5 Å². The van der Waals surface area contributed by atoms with Crippen LogP contribution < -0.4 is 0 Å². The van der Waals surface area contributed by atoms with Gasteiger partial charge < -0.3 is 0 Å². The van der Waals surface area contributed by atoms with Gasteiger partial charge in [-0.15, -0.1) is 0 Å². The van der Waals surface area contributed by atoms with Crippen molar-refractivity contribution in [2.75, 3.05) is 0 Å². The Hall–Kier alpha value is -1.89. The van der Waals surface area contributed by atoms with Crippen molar-refractivity contribution in [3.05, 3.63) is 71.9 Å². The van der Waals surface area contributed by atoms with Crippen LogP contribution in [-0.4, -0.2) is 5.78 Å². The molecule has 0 radical (unpaired) electrons. The topological polar surface area (TPSA) is 17.1 Å². The first-order valence-electron chi connectivity index (χ1n) is 4.99. The first-order valence-corrected chi connectivity index (χ1v) is 4.99. The summed E-state index contributed by atoms with van der Waals surface area (Å²) in [6.07, 6.45) is 19.8. The lowest BCUT2D eigenvalue weighted by Gasteiger charge is -2.09. The third-order valence-corrected chi connectivity index (χ3v) is 2.31. The predicted molar refractivity (Wildman–Crippen MR) is 62.4 cm³/mol. The molecule has 1 heteroatoms. The number of fused-ring (bicyclic) bond motifs is 1. The maximum Gasteiger partial charge on any atom is 0.178 e. The van der Waals surface area contributed by atoms with E-state index in [1.165, 1.54) is 0 Å². The molecule has 0 aromatic heterocycles. The fraction of sp³-hybridized carbons (Fsp3) is 0.0714. The van der Waals surface area contributed by atoms with Gasteiger partial charge in [0.25, 0.3) is 0 Å². The van der Waals surface area contributed by atoms with Crippen LogP contribution in [0.25, 0.3) is 0 Å². The van der Waals surface area contributed by atoms with E-state index < -0.39 is 0 Å². The summed E-state index contributed by atoms with van der Waals surface area (Å²) in [5.41, 5.74) is 2.20. The van der Waals surface area contributed by atoms with Gasteiger partial charge in [-0.3, -0.25) is 4.79 Å². The van der Waals surface area contributed by atoms with Crippen LogP contribution in [0.1, 0.15) is 6.42 Å². The molecule has 0 aromatic carbocycles. The molecule has 0 bridgehead atoms. The fourth-order valence-electron chi connectivity index (χ4n) is 1.55. The maximum atomic E-state index is 11.5. The molecular weight excluding hydrogens is 184 g/mol. The summed E-state index contributed by atoms with van der Waals surface area (Å²) in [7, 11) is 0. The first kappa shape index (κ1) is 9.66. The average Bonchev–Trinajstić information content (AvgIpc) is 2.25. The van der Waals surface area contributed by atoms with Crippen molar-refractivity contribution in [3.63, 3.8) is 0 Å². The summed E-state index contributed by atoms with van der Waals surface area (Å²) in [6.45, 7) is 0. The van der Waals surface area contributed by atoms with Crippen LogP contribution in [0.2, 0.25) is 0 Å². The number of hydrogen-bond donors (Lipinski definition) is 0. The predicted octanol–water partition coefficient (Wildman–Crippen LogP) is 3.05. The highest BCUT2D eigenvalue weighted by Gasteiger charge is 2.05. The van der Waals surface area contributed by atoms with E-state index >= 15 is 0 Å². The van der Waals surface area contributed by atoms with Crippen LogP contribution in [0.5, 0.6) is 0 Å². The zero-order valence-corrected chi connectivity index (χ0v) is 8.39. The second-order valence-electron chi connectivity index (χ2n) is 3.43. The second-order valence-corrected chi connectivity index (χ2v) is 3.43. The largest absolute Gasteiger partial charge is 0.290 e. The molecule has 0 atom stereocenters. The molecule has 0 spiro atoms. The molecule has 74 valence electrons. The van der Waals surface area contributed by atoms with Gasteiger partial charge in [0.15, 0.2) is 5.78 Å². The minimum absolute atomic E-state index is 0.0474. The summed E-state index contributed by atoms with van der Waals surface area (Å²) in [4.78, 5) is 11.5. The van der Waals surface area contributed by atoms with E-state index in [0.717, 1.165) is 17.6 Å². The molecule has 0 N–H and O–H groups in total. The van der Waals surface area contributed by atoms with Crippen molar-refractivity contribution in [1.82, 2.24) is 0 Å². The van der Waals surface area contributed by atoms with Gasteiger partial charge in [-0.2, -0.15) is 0 Å². The van der Waals surface area contributed by atoms with Crippen molar-refractivity contribution in [1.29, 1.82) is 0 Å². The Bertz CT molecular complexity index is 440. The number of rotatable bonds is 0. The zero-order chi connectivity index (χ0) is 10.5. The Kier molecular flexibility index (Phi) is 2.93. The van der Waals surface area contributed by atoms with E-state index in [1.54, 1.807) is 18.2 Å². The first-order chi connectivity index (χ1) is 7.36. The smallest absolute Gasteiger partial charge is 0.178 e. The van der Waals surface area contributed by atoms with Gasteiger partial charge >= 0.3 is 0 Å². The van der Waals surface area contributed by atoms with Crippen LogP contribution in [0.15, 0.2) is 71.9 Å². The molecule has 2 rings (SSSR count). The van der Waals surface area contributed by atoms with Gasteiger partial charge in [0.2, 0.25) is 0 Å². The van der Waals surface area contributed by atoms with E-state index in [9.17, 15) is 4.79 Å². The fourth-order valence-corrected chi connectivity index (χ4v) is 1.55. The number of carbonyl (C=O) groups excluding carboxylic acids is 1. The monoisotopic (exact) mass is 196 g/mol. The standard InChI is InChI=1S/C14H12O/c15-14-10-4-2-1-3-7-12-8-5-6-9-13(12)11-14/h1-8,10-11H,9H2/b2-1-,7-3-,10-4-,13-11-. The highest BCUT2D eigenvalue weighted by Crippen LogP contribution is 2.21. The molecule has 15 heavy (non-hydrogen) atoms. The van der Waals surface area contributed by atoms with Crippen LogP contribution in [0.3, 0.4) is 0 Å². The molecule has 2 aliphatic carbocycles. The Morgan fingerprint density at radius 2 is 1.73 bits per heavy atom. The van der Waals surface area contributed by atoms with Crippen LogP contribution in [-0.2, 0) is 4.79 Å². The van der Waals surface area contributed by atoms with Crippen molar-refractivity contribution < 1.29 is 4.79 Å². The maximum absolute atomic E-state index is 11.5. The third-order valence-electron chi connectivity index (χ3n) is 2.31. The lowest BCUT2D eigenvalue weighted by molar-refractivity contribution is -0.110. The summed E-state index contributed by atoms with van der Waals surface area (Å²) < 4.78 is 0. The van der Waals surface area contributed by atoms with E-state index in [1.807, 2.05) is 36.5 Å². The summed E-state index contributed by atoms with van der Waals surface area (Å²) in [5, 5.41) is 0. The Balaban J connectivity index is 2.40.